The molecule has 1 radical (unpaired) electrons. The van der Waals surface area contributed by atoms with Crippen molar-refractivity contribution in [1.29, 1.82) is 0 Å². The van der Waals surface area contributed by atoms with Crippen molar-refractivity contribution in [1.82, 2.24) is 10.6 Å². The number of hydrogen-bond donors (Lipinski definition) is 2. The van der Waals surface area contributed by atoms with Crippen LogP contribution in [0.5, 0.6) is 0 Å². The smallest absolute Gasteiger partial charge is 0.315 e. The number of amides is 2. The Kier molecular flexibility index (Phi) is 3.84. The van der Waals surface area contributed by atoms with E-state index in [-0.39, 0.29) is 12.1 Å². The minimum atomic E-state index is -0.218. The molecule has 0 saturated heterocycles. The average molecular weight is 129 g/mol. The lowest BCUT2D eigenvalue weighted by molar-refractivity contribution is 0.240. The van der Waals surface area contributed by atoms with E-state index in [1.165, 1.54) is 0 Å². The predicted molar refractivity (Wildman–Crippen MR) is 36.8 cm³/mol. The lowest BCUT2D eigenvalue weighted by Gasteiger charge is -2.09. The Hall–Kier alpha value is -0.730. The Balaban J connectivity index is 3.34. The summed E-state index contributed by atoms with van der Waals surface area (Å²) >= 11 is 0. The first kappa shape index (κ1) is 8.27. The molecule has 3 nitrogen and oxygen atoms in total. The molecule has 2 N–H and O–H groups in total. The summed E-state index contributed by atoms with van der Waals surface area (Å²) in [6, 6.07) is 0.0103. The second kappa shape index (κ2) is 4.18. The molecule has 0 aliphatic heterocycles. The average Bonchev–Trinajstić information content (AvgIpc) is 1.87. The van der Waals surface area contributed by atoms with Gasteiger partial charge in [-0.15, -0.1) is 0 Å². The summed E-state index contributed by atoms with van der Waals surface area (Å²) in [4.78, 5) is 10.5. The van der Waals surface area contributed by atoms with Crippen LogP contribution in [-0.4, -0.2) is 12.1 Å². The Labute approximate surface area is 55.8 Å². The third-order valence-corrected chi connectivity index (χ3v) is 1.15. The second-order valence-corrected chi connectivity index (χ2v) is 1.96. The topological polar surface area (TPSA) is 41.1 Å². The standard InChI is InChI=1S/C6H13N2O/c1-4-5(2)8-6(9)7-3/h5H,3-4H2,1-2H3,(H2,7,8,9). The van der Waals surface area contributed by atoms with Crippen molar-refractivity contribution in [2.45, 2.75) is 26.3 Å². The summed E-state index contributed by atoms with van der Waals surface area (Å²) in [5, 5.41) is 4.90. The molecule has 0 aliphatic rings. The highest BCUT2D eigenvalue weighted by Crippen LogP contribution is 1.85. The van der Waals surface area contributed by atoms with Crippen molar-refractivity contribution >= 4 is 6.03 Å². The second-order valence-electron chi connectivity index (χ2n) is 1.96. The fraction of sp³-hybridized carbons (Fsp3) is 0.667. The summed E-state index contributed by atoms with van der Waals surface area (Å²) in [6.07, 6.45) is 0.938. The van der Waals surface area contributed by atoms with Gasteiger partial charge in [-0.2, -0.15) is 0 Å². The lowest BCUT2D eigenvalue weighted by Crippen LogP contribution is -2.37. The van der Waals surface area contributed by atoms with E-state index in [4.69, 9.17) is 0 Å². The van der Waals surface area contributed by atoms with Crippen molar-refractivity contribution < 1.29 is 4.79 Å². The van der Waals surface area contributed by atoms with Gasteiger partial charge in [0.2, 0.25) is 0 Å². The SMILES string of the molecule is [CH2]NC(=O)NC(C)CC. The molecule has 1 atom stereocenters. The maximum absolute atomic E-state index is 10.5. The molecule has 0 bridgehead atoms. The minimum absolute atomic E-state index is 0.218. The Bertz CT molecular complexity index is 93.1. The zero-order valence-corrected chi connectivity index (χ0v) is 5.90. The molecule has 1 unspecified atom stereocenters. The van der Waals surface area contributed by atoms with E-state index in [2.05, 4.69) is 17.7 Å². The highest BCUT2D eigenvalue weighted by Gasteiger charge is 1.99. The number of hydrogen-bond acceptors (Lipinski definition) is 1. The van der Waals surface area contributed by atoms with Gasteiger partial charge in [-0.25, -0.2) is 4.79 Å². The van der Waals surface area contributed by atoms with E-state index in [0.717, 1.165) is 6.42 Å². The number of nitrogens with one attached hydrogen (secondary N) is 2. The predicted octanol–water partition coefficient (Wildman–Crippen LogP) is 0.876. The van der Waals surface area contributed by atoms with Gasteiger partial charge in [0.1, 0.15) is 0 Å². The van der Waals surface area contributed by atoms with Gasteiger partial charge in [-0.1, -0.05) is 6.92 Å². The molecular formula is C6H13N2O. The lowest BCUT2D eigenvalue weighted by atomic mass is 10.3. The Morgan fingerprint density at radius 3 is 2.67 bits per heavy atom. The van der Waals surface area contributed by atoms with E-state index < -0.39 is 0 Å². The quantitative estimate of drug-likeness (QED) is 0.570. The molecule has 0 saturated carbocycles. The van der Waals surface area contributed by atoms with Gasteiger partial charge in [-0.05, 0) is 13.3 Å². The Morgan fingerprint density at radius 2 is 2.33 bits per heavy atom. The Morgan fingerprint density at radius 1 is 1.78 bits per heavy atom. The summed E-state index contributed by atoms with van der Waals surface area (Å²) in [7, 11) is 3.21. The number of rotatable bonds is 2. The van der Waals surface area contributed by atoms with Crippen molar-refractivity contribution in [2.75, 3.05) is 0 Å². The maximum atomic E-state index is 10.5. The third-order valence-electron chi connectivity index (χ3n) is 1.15. The highest BCUT2D eigenvalue weighted by atomic mass is 16.2. The molecule has 0 aromatic rings. The van der Waals surface area contributed by atoms with E-state index in [0.29, 0.717) is 0 Å². The van der Waals surface area contributed by atoms with Gasteiger partial charge >= 0.3 is 6.03 Å². The van der Waals surface area contributed by atoms with Crippen LogP contribution in [0.15, 0.2) is 0 Å². The molecule has 0 aromatic carbocycles. The van der Waals surface area contributed by atoms with Gasteiger partial charge in [-0.3, -0.25) is 0 Å². The molecule has 2 amide bonds. The van der Waals surface area contributed by atoms with Gasteiger partial charge in [0.25, 0.3) is 0 Å². The summed E-state index contributed by atoms with van der Waals surface area (Å²) < 4.78 is 0. The largest absolute Gasteiger partial charge is 0.336 e. The molecule has 0 fully saturated rings. The first-order chi connectivity index (χ1) is 4.20. The first-order valence-corrected chi connectivity index (χ1v) is 3.04. The molecule has 0 aliphatic carbocycles. The summed E-state index contributed by atoms with van der Waals surface area (Å²) in [6.45, 7) is 3.95. The molecule has 9 heavy (non-hydrogen) atoms. The van der Waals surface area contributed by atoms with E-state index in [1.807, 2.05) is 13.8 Å². The van der Waals surface area contributed by atoms with Gasteiger partial charge in [0, 0.05) is 13.1 Å². The van der Waals surface area contributed by atoms with Gasteiger partial charge in [0.05, 0.1) is 0 Å². The van der Waals surface area contributed by atoms with Crippen LogP contribution in [0.1, 0.15) is 20.3 Å². The molecular weight excluding hydrogens is 116 g/mol. The molecule has 0 spiro atoms. The fourth-order valence-electron chi connectivity index (χ4n) is 0.377. The van der Waals surface area contributed by atoms with E-state index in [9.17, 15) is 4.79 Å². The van der Waals surface area contributed by atoms with E-state index in [1.54, 1.807) is 0 Å². The van der Waals surface area contributed by atoms with Crippen LogP contribution in [0.3, 0.4) is 0 Å². The first-order valence-electron chi connectivity index (χ1n) is 3.04. The van der Waals surface area contributed by atoms with Crippen molar-refractivity contribution in [3.8, 4) is 0 Å². The van der Waals surface area contributed by atoms with E-state index >= 15 is 0 Å². The number of carbonyl (C=O) groups excluding carboxylic acids is 1. The van der Waals surface area contributed by atoms with Crippen LogP contribution in [0.4, 0.5) is 4.79 Å². The van der Waals surface area contributed by atoms with Crippen LogP contribution >= 0.6 is 0 Å². The minimum Gasteiger partial charge on any atom is -0.336 e. The van der Waals surface area contributed by atoms with Gasteiger partial charge < -0.3 is 10.6 Å². The van der Waals surface area contributed by atoms with Gasteiger partial charge in [0.15, 0.2) is 0 Å². The normalized spacial score (nSPS) is 12.3. The van der Waals surface area contributed by atoms with Crippen LogP contribution in [0.25, 0.3) is 0 Å². The van der Waals surface area contributed by atoms with Crippen molar-refractivity contribution in [2.24, 2.45) is 0 Å². The van der Waals surface area contributed by atoms with Crippen LogP contribution < -0.4 is 10.6 Å². The third kappa shape index (κ3) is 3.82. The summed E-state index contributed by atoms with van der Waals surface area (Å²) in [5.41, 5.74) is 0. The molecule has 0 aromatic heterocycles. The van der Waals surface area contributed by atoms with Crippen LogP contribution in [0, 0.1) is 7.05 Å². The highest BCUT2D eigenvalue weighted by molar-refractivity contribution is 5.74. The van der Waals surface area contributed by atoms with Crippen molar-refractivity contribution in [3.05, 3.63) is 7.05 Å². The fourth-order valence-corrected chi connectivity index (χ4v) is 0.377. The zero-order valence-electron chi connectivity index (χ0n) is 5.90. The zero-order chi connectivity index (χ0) is 7.28. The summed E-state index contributed by atoms with van der Waals surface area (Å²) in [5.74, 6) is 0. The number of urea groups is 1. The molecule has 0 rings (SSSR count). The van der Waals surface area contributed by atoms with Crippen molar-refractivity contribution in [3.63, 3.8) is 0 Å². The monoisotopic (exact) mass is 129 g/mol. The molecule has 3 heteroatoms. The molecule has 53 valence electrons. The molecule has 0 heterocycles. The number of carbonyl (C=O) groups is 1. The maximum Gasteiger partial charge on any atom is 0.315 e. The van der Waals surface area contributed by atoms with Crippen LogP contribution in [-0.2, 0) is 0 Å². The van der Waals surface area contributed by atoms with Crippen LogP contribution in [0.2, 0.25) is 0 Å².